The average molecular weight is 270 g/mol. The molecule has 6 heteroatoms. The van der Waals surface area contributed by atoms with Crippen LogP contribution in [0.4, 0.5) is 5.69 Å². The van der Waals surface area contributed by atoms with Gasteiger partial charge in [0, 0.05) is 17.4 Å². The second-order valence-electron chi connectivity index (χ2n) is 4.28. The summed E-state index contributed by atoms with van der Waals surface area (Å²) in [5, 5.41) is 8.32. The lowest BCUT2D eigenvalue weighted by Crippen LogP contribution is -1.95. The van der Waals surface area contributed by atoms with Gasteiger partial charge in [0.25, 0.3) is 0 Å². The van der Waals surface area contributed by atoms with Gasteiger partial charge in [-0.25, -0.2) is 0 Å². The third-order valence-corrected chi connectivity index (χ3v) is 3.07. The van der Waals surface area contributed by atoms with Crippen LogP contribution in [-0.2, 0) is 0 Å². The first-order chi connectivity index (χ1) is 9.72. The van der Waals surface area contributed by atoms with Crippen LogP contribution >= 0.6 is 0 Å². The summed E-state index contributed by atoms with van der Waals surface area (Å²) in [4.78, 5) is 0. The van der Waals surface area contributed by atoms with Crippen molar-refractivity contribution in [3.63, 3.8) is 0 Å². The molecule has 0 bridgehead atoms. The fraction of sp³-hybridized carbons (Fsp3) is 0.143. The molecule has 0 atom stereocenters. The van der Waals surface area contributed by atoms with Crippen LogP contribution in [0.15, 0.2) is 36.5 Å². The number of hydrogen-bond acceptors (Lipinski definition) is 5. The molecule has 0 radical (unpaired) electrons. The normalized spacial score (nSPS) is 10.7. The summed E-state index contributed by atoms with van der Waals surface area (Å²) in [6.07, 6.45) is 1.79. The van der Waals surface area contributed by atoms with Crippen LogP contribution in [0.2, 0.25) is 0 Å². The van der Waals surface area contributed by atoms with Gasteiger partial charge in [0.1, 0.15) is 0 Å². The van der Waals surface area contributed by atoms with E-state index in [1.165, 1.54) is 0 Å². The van der Waals surface area contributed by atoms with Gasteiger partial charge in [-0.2, -0.15) is 0 Å². The van der Waals surface area contributed by atoms with E-state index in [4.69, 9.17) is 15.2 Å². The van der Waals surface area contributed by atoms with E-state index in [1.807, 2.05) is 28.7 Å². The second kappa shape index (κ2) is 4.73. The first-order valence-electron chi connectivity index (χ1n) is 6.05. The number of hydrogen-bond donors (Lipinski definition) is 1. The minimum atomic E-state index is 0.644. The number of rotatable bonds is 3. The van der Waals surface area contributed by atoms with Gasteiger partial charge in [0.05, 0.1) is 14.2 Å². The summed E-state index contributed by atoms with van der Waals surface area (Å²) in [5.74, 6) is 2.02. The Balaban J connectivity index is 2.18. The van der Waals surface area contributed by atoms with Crippen molar-refractivity contribution in [1.29, 1.82) is 0 Å². The first kappa shape index (κ1) is 12.3. The predicted octanol–water partition coefficient (Wildman–Crippen LogP) is 2.00. The Morgan fingerprint density at radius 1 is 1.00 bits per heavy atom. The van der Waals surface area contributed by atoms with Gasteiger partial charge in [0.15, 0.2) is 23.0 Å². The van der Waals surface area contributed by atoms with E-state index in [2.05, 4.69) is 10.2 Å². The Bertz CT molecular complexity index is 767. The molecule has 0 aliphatic carbocycles. The van der Waals surface area contributed by atoms with Crippen LogP contribution in [0.5, 0.6) is 11.5 Å². The Hall–Kier alpha value is -2.76. The number of nitrogen functional groups attached to an aromatic ring is 1. The van der Waals surface area contributed by atoms with Crippen LogP contribution in [-0.4, -0.2) is 28.8 Å². The third-order valence-electron chi connectivity index (χ3n) is 3.07. The van der Waals surface area contributed by atoms with E-state index in [-0.39, 0.29) is 0 Å². The van der Waals surface area contributed by atoms with Gasteiger partial charge in [-0.1, -0.05) is 0 Å². The summed E-state index contributed by atoms with van der Waals surface area (Å²) in [6, 6.07) is 9.22. The average Bonchev–Trinajstić information content (AvgIpc) is 2.89. The second-order valence-corrected chi connectivity index (χ2v) is 4.28. The quantitative estimate of drug-likeness (QED) is 0.787. The number of methoxy groups -OCH3 is 2. The standard InChI is InChI=1S/C14H14N4O2/c1-19-11-5-3-9(7-12(11)20-2)14-17-16-13-6-4-10(15)8-18(13)14/h3-8H,15H2,1-2H3. The van der Waals surface area contributed by atoms with E-state index in [0.717, 1.165) is 11.2 Å². The van der Waals surface area contributed by atoms with Crippen molar-refractivity contribution in [1.82, 2.24) is 14.6 Å². The maximum Gasteiger partial charge on any atom is 0.168 e. The highest BCUT2D eigenvalue weighted by atomic mass is 16.5. The van der Waals surface area contributed by atoms with Gasteiger partial charge in [-0.15, -0.1) is 10.2 Å². The Morgan fingerprint density at radius 2 is 1.80 bits per heavy atom. The molecule has 3 aromatic rings. The Kier molecular flexibility index (Phi) is 2.90. The first-order valence-corrected chi connectivity index (χ1v) is 6.05. The topological polar surface area (TPSA) is 74.7 Å². The van der Waals surface area contributed by atoms with E-state index in [0.29, 0.717) is 23.0 Å². The molecule has 20 heavy (non-hydrogen) atoms. The number of pyridine rings is 1. The molecule has 2 aromatic heterocycles. The van der Waals surface area contributed by atoms with Gasteiger partial charge in [0.2, 0.25) is 0 Å². The molecule has 0 fully saturated rings. The fourth-order valence-electron chi connectivity index (χ4n) is 2.08. The molecule has 2 N–H and O–H groups in total. The number of nitrogens with zero attached hydrogens (tertiary/aromatic N) is 3. The molecule has 6 nitrogen and oxygen atoms in total. The van der Waals surface area contributed by atoms with Gasteiger partial charge in [-0.05, 0) is 30.3 Å². The number of ether oxygens (including phenoxy) is 2. The Labute approximate surface area is 115 Å². The van der Waals surface area contributed by atoms with Gasteiger partial charge in [-0.3, -0.25) is 4.40 Å². The third kappa shape index (κ3) is 1.91. The molecule has 0 saturated heterocycles. The monoisotopic (exact) mass is 270 g/mol. The maximum absolute atomic E-state index is 5.81. The van der Waals surface area contributed by atoms with Crippen molar-refractivity contribution in [2.75, 3.05) is 20.0 Å². The molecule has 0 saturated carbocycles. The molecule has 1 aromatic carbocycles. The van der Waals surface area contributed by atoms with Crippen LogP contribution in [0.1, 0.15) is 0 Å². The summed E-state index contributed by atoms with van der Waals surface area (Å²) in [6.45, 7) is 0. The van der Waals surface area contributed by atoms with Crippen molar-refractivity contribution in [3.8, 4) is 22.9 Å². The smallest absolute Gasteiger partial charge is 0.168 e. The molecular formula is C14H14N4O2. The number of aromatic nitrogens is 3. The van der Waals surface area contributed by atoms with Gasteiger partial charge >= 0.3 is 0 Å². The van der Waals surface area contributed by atoms with Crippen molar-refractivity contribution in [3.05, 3.63) is 36.5 Å². The fourth-order valence-corrected chi connectivity index (χ4v) is 2.08. The van der Waals surface area contributed by atoms with Crippen LogP contribution in [0.3, 0.4) is 0 Å². The molecule has 0 aliphatic heterocycles. The predicted molar refractivity (Wildman–Crippen MR) is 75.9 cm³/mol. The van der Waals surface area contributed by atoms with E-state index in [9.17, 15) is 0 Å². The highest BCUT2D eigenvalue weighted by molar-refractivity contribution is 5.64. The molecule has 0 amide bonds. The van der Waals surface area contributed by atoms with Crippen LogP contribution < -0.4 is 15.2 Å². The van der Waals surface area contributed by atoms with Crippen molar-refractivity contribution >= 4 is 11.3 Å². The zero-order valence-electron chi connectivity index (χ0n) is 11.2. The van der Waals surface area contributed by atoms with E-state index in [1.54, 1.807) is 26.5 Å². The maximum atomic E-state index is 5.81. The minimum Gasteiger partial charge on any atom is -0.493 e. The van der Waals surface area contributed by atoms with Gasteiger partial charge < -0.3 is 15.2 Å². The van der Waals surface area contributed by atoms with Crippen molar-refractivity contribution in [2.45, 2.75) is 0 Å². The lowest BCUT2D eigenvalue weighted by molar-refractivity contribution is 0.355. The summed E-state index contributed by atoms with van der Waals surface area (Å²) >= 11 is 0. The molecule has 0 aliphatic rings. The number of anilines is 1. The molecule has 0 spiro atoms. The van der Waals surface area contributed by atoms with Crippen molar-refractivity contribution < 1.29 is 9.47 Å². The summed E-state index contributed by atoms with van der Waals surface area (Å²) < 4.78 is 12.4. The molecule has 102 valence electrons. The summed E-state index contributed by atoms with van der Waals surface area (Å²) in [7, 11) is 3.20. The largest absolute Gasteiger partial charge is 0.493 e. The minimum absolute atomic E-state index is 0.644. The highest BCUT2D eigenvalue weighted by Crippen LogP contribution is 2.31. The lowest BCUT2D eigenvalue weighted by atomic mass is 10.2. The number of fused-ring (bicyclic) bond motifs is 1. The number of benzene rings is 1. The van der Waals surface area contributed by atoms with E-state index >= 15 is 0 Å². The SMILES string of the molecule is COc1ccc(-c2nnc3ccc(N)cn23)cc1OC. The van der Waals surface area contributed by atoms with Crippen molar-refractivity contribution in [2.24, 2.45) is 0 Å². The molecule has 3 rings (SSSR count). The van der Waals surface area contributed by atoms with Crippen LogP contribution in [0, 0.1) is 0 Å². The molecular weight excluding hydrogens is 256 g/mol. The molecule has 2 heterocycles. The van der Waals surface area contributed by atoms with E-state index < -0.39 is 0 Å². The summed E-state index contributed by atoms with van der Waals surface area (Å²) in [5.41, 5.74) is 8.08. The number of nitrogens with two attached hydrogens (primary N) is 1. The zero-order valence-corrected chi connectivity index (χ0v) is 11.2. The zero-order chi connectivity index (χ0) is 14.1. The van der Waals surface area contributed by atoms with Crippen LogP contribution in [0.25, 0.3) is 17.0 Å². The Morgan fingerprint density at radius 3 is 2.55 bits per heavy atom. The lowest BCUT2D eigenvalue weighted by Gasteiger charge is -2.08. The highest BCUT2D eigenvalue weighted by Gasteiger charge is 2.11. The molecule has 0 unspecified atom stereocenters.